The van der Waals surface area contributed by atoms with Crippen LogP contribution in [-0.4, -0.2) is 19.3 Å². The van der Waals surface area contributed by atoms with Gasteiger partial charge in [-0.05, 0) is 49.9 Å². The largest absolute Gasteiger partial charge is 0.376 e. The molecule has 1 N–H and O–H groups in total. The molecule has 0 amide bonds. The number of rotatable bonds is 7. The smallest absolute Gasteiger partial charge is 0.0792 e. The molecule has 1 aromatic rings. The minimum absolute atomic E-state index is 0.215. The molecule has 19 heavy (non-hydrogen) atoms. The number of nitrogens with one attached hydrogen (secondary N) is 1. The van der Waals surface area contributed by atoms with Gasteiger partial charge in [-0.1, -0.05) is 39.0 Å². The molecule has 2 heteroatoms. The van der Waals surface area contributed by atoms with E-state index in [4.69, 9.17) is 4.74 Å². The fourth-order valence-corrected chi connectivity index (χ4v) is 2.47. The van der Waals surface area contributed by atoms with Crippen LogP contribution in [0.4, 0.5) is 0 Å². The van der Waals surface area contributed by atoms with Gasteiger partial charge < -0.3 is 10.1 Å². The summed E-state index contributed by atoms with van der Waals surface area (Å²) in [6.07, 6.45) is 0.215. The first-order valence-electron chi connectivity index (χ1n) is 7.43. The Labute approximate surface area is 118 Å². The highest BCUT2D eigenvalue weighted by molar-refractivity contribution is 5.32. The summed E-state index contributed by atoms with van der Waals surface area (Å²) in [5.74, 6) is 0.491. The monoisotopic (exact) mass is 263 g/mol. The first-order valence-corrected chi connectivity index (χ1v) is 7.43. The maximum atomic E-state index is 5.98. The lowest BCUT2D eigenvalue weighted by Gasteiger charge is -2.31. The Bertz CT molecular complexity index is 387. The molecule has 0 aliphatic carbocycles. The lowest BCUT2D eigenvalue weighted by atomic mass is 9.91. The summed E-state index contributed by atoms with van der Waals surface area (Å²) in [5, 5.41) is 3.59. The Balaban J connectivity index is 3.06. The third kappa shape index (κ3) is 4.32. The zero-order valence-corrected chi connectivity index (χ0v) is 13.3. The predicted molar refractivity (Wildman–Crippen MR) is 82.6 cm³/mol. The SMILES string of the molecule is CCNC(c1ccc(C)c(C)c1)C(OCC)C(C)C. The molecule has 0 aromatic heterocycles. The van der Waals surface area contributed by atoms with Crippen LogP contribution in [0.1, 0.15) is 50.4 Å². The number of aryl methyl sites for hydroxylation is 2. The summed E-state index contributed by atoms with van der Waals surface area (Å²) in [6.45, 7) is 14.7. The van der Waals surface area contributed by atoms with Crippen LogP contribution in [0.25, 0.3) is 0 Å². The second-order valence-corrected chi connectivity index (χ2v) is 5.54. The van der Waals surface area contributed by atoms with Crippen LogP contribution in [-0.2, 0) is 4.74 Å². The minimum Gasteiger partial charge on any atom is -0.376 e. The van der Waals surface area contributed by atoms with Crippen molar-refractivity contribution in [3.8, 4) is 0 Å². The summed E-state index contributed by atoms with van der Waals surface area (Å²) in [5.41, 5.74) is 4.02. The highest BCUT2D eigenvalue weighted by Gasteiger charge is 2.25. The quantitative estimate of drug-likeness (QED) is 0.802. The molecule has 0 fully saturated rings. The molecule has 1 aromatic carbocycles. The van der Waals surface area contributed by atoms with Crippen LogP contribution in [0, 0.1) is 19.8 Å². The Morgan fingerprint density at radius 1 is 1.11 bits per heavy atom. The van der Waals surface area contributed by atoms with Crippen molar-refractivity contribution in [1.29, 1.82) is 0 Å². The van der Waals surface area contributed by atoms with E-state index in [1.165, 1.54) is 16.7 Å². The summed E-state index contributed by atoms with van der Waals surface area (Å²) in [7, 11) is 0. The van der Waals surface area contributed by atoms with E-state index in [2.05, 4.69) is 65.1 Å². The fourth-order valence-electron chi connectivity index (χ4n) is 2.47. The van der Waals surface area contributed by atoms with Crippen LogP contribution in [0.15, 0.2) is 18.2 Å². The van der Waals surface area contributed by atoms with Crippen molar-refractivity contribution in [2.75, 3.05) is 13.2 Å². The minimum atomic E-state index is 0.215. The lowest BCUT2D eigenvalue weighted by Crippen LogP contribution is -2.37. The van der Waals surface area contributed by atoms with Crippen LogP contribution in [0.2, 0.25) is 0 Å². The zero-order valence-electron chi connectivity index (χ0n) is 13.3. The van der Waals surface area contributed by atoms with Crippen LogP contribution in [0.5, 0.6) is 0 Å². The fraction of sp³-hybridized carbons (Fsp3) is 0.647. The topological polar surface area (TPSA) is 21.3 Å². The van der Waals surface area contributed by atoms with Gasteiger partial charge in [0.25, 0.3) is 0 Å². The molecule has 0 bridgehead atoms. The molecule has 0 saturated carbocycles. The summed E-state index contributed by atoms with van der Waals surface area (Å²) in [6, 6.07) is 6.99. The number of likely N-dealkylation sites (N-methyl/N-ethyl adjacent to an activating group) is 1. The molecular weight excluding hydrogens is 234 g/mol. The van der Waals surface area contributed by atoms with Gasteiger partial charge in [0, 0.05) is 6.61 Å². The summed E-state index contributed by atoms with van der Waals surface area (Å²) < 4.78 is 5.98. The average Bonchev–Trinajstić information content (AvgIpc) is 2.37. The predicted octanol–water partition coefficient (Wildman–Crippen LogP) is 4.02. The first kappa shape index (κ1) is 16.2. The van der Waals surface area contributed by atoms with Gasteiger partial charge in [0.15, 0.2) is 0 Å². The van der Waals surface area contributed by atoms with Gasteiger partial charge in [-0.15, -0.1) is 0 Å². The highest BCUT2D eigenvalue weighted by atomic mass is 16.5. The molecule has 2 atom stereocenters. The number of hydrogen-bond donors (Lipinski definition) is 1. The van der Waals surface area contributed by atoms with E-state index < -0.39 is 0 Å². The molecule has 1 rings (SSSR count). The summed E-state index contributed by atoms with van der Waals surface area (Å²) in [4.78, 5) is 0. The third-order valence-corrected chi connectivity index (χ3v) is 3.66. The molecule has 0 aliphatic rings. The maximum Gasteiger partial charge on any atom is 0.0792 e. The van der Waals surface area contributed by atoms with Crippen molar-refractivity contribution in [2.45, 2.75) is 53.7 Å². The molecule has 0 spiro atoms. The third-order valence-electron chi connectivity index (χ3n) is 3.66. The van der Waals surface area contributed by atoms with Crippen LogP contribution in [0.3, 0.4) is 0 Å². The average molecular weight is 263 g/mol. The van der Waals surface area contributed by atoms with Crippen molar-refractivity contribution in [1.82, 2.24) is 5.32 Å². The van der Waals surface area contributed by atoms with Gasteiger partial charge in [0.05, 0.1) is 12.1 Å². The number of hydrogen-bond acceptors (Lipinski definition) is 2. The van der Waals surface area contributed by atoms with Gasteiger partial charge in [0.1, 0.15) is 0 Å². The standard InChI is InChI=1S/C17H29NO/c1-7-18-16(17(12(3)4)19-8-2)15-10-9-13(5)14(6)11-15/h9-12,16-18H,7-8H2,1-6H3. The number of benzene rings is 1. The van der Waals surface area contributed by atoms with Gasteiger partial charge in [-0.25, -0.2) is 0 Å². The van der Waals surface area contributed by atoms with Crippen molar-refractivity contribution < 1.29 is 4.74 Å². The van der Waals surface area contributed by atoms with Crippen molar-refractivity contribution in [2.24, 2.45) is 5.92 Å². The normalized spacial score (nSPS) is 14.7. The maximum absolute atomic E-state index is 5.98. The Hall–Kier alpha value is -0.860. The van der Waals surface area contributed by atoms with E-state index in [0.29, 0.717) is 5.92 Å². The van der Waals surface area contributed by atoms with Crippen molar-refractivity contribution in [3.05, 3.63) is 34.9 Å². The second kappa shape index (κ2) is 7.66. The van der Waals surface area contributed by atoms with E-state index in [1.807, 2.05) is 0 Å². The highest BCUT2D eigenvalue weighted by Crippen LogP contribution is 2.26. The van der Waals surface area contributed by atoms with E-state index in [9.17, 15) is 0 Å². The molecule has 2 nitrogen and oxygen atoms in total. The Kier molecular flexibility index (Phi) is 6.53. The van der Waals surface area contributed by atoms with E-state index in [1.54, 1.807) is 0 Å². The van der Waals surface area contributed by atoms with E-state index in [0.717, 1.165) is 13.2 Å². The molecular formula is C17H29NO. The van der Waals surface area contributed by atoms with Gasteiger partial charge in [-0.2, -0.15) is 0 Å². The molecule has 0 aliphatic heterocycles. The second-order valence-electron chi connectivity index (χ2n) is 5.54. The first-order chi connectivity index (χ1) is 9.01. The van der Waals surface area contributed by atoms with E-state index in [-0.39, 0.29) is 12.1 Å². The van der Waals surface area contributed by atoms with Gasteiger partial charge in [-0.3, -0.25) is 0 Å². The van der Waals surface area contributed by atoms with Crippen molar-refractivity contribution in [3.63, 3.8) is 0 Å². The molecule has 0 radical (unpaired) electrons. The summed E-state index contributed by atoms with van der Waals surface area (Å²) >= 11 is 0. The molecule has 108 valence electrons. The van der Waals surface area contributed by atoms with Crippen LogP contribution >= 0.6 is 0 Å². The Morgan fingerprint density at radius 3 is 2.26 bits per heavy atom. The molecule has 0 saturated heterocycles. The number of ether oxygens (including phenoxy) is 1. The van der Waals surface area contributed by atoms with E-state index >= 15 is 0 Å². The zero-order chi connectivity index (χ0) is 14.4. The van der Waals surface area contributed by atoms with Crippen LogP contribution < -0.4 is 5.32 Å². The van der Waals surface area contributed by atoms with Gasteiger partial charge in [0.2, 0.25) is 0 Å². The molecule has 0 heterocycles. The molecule has 2 unspecified atom stereocenters. The van der Waals surface area contributed by atoms with Crippen molar-refractivity contribution >= 4 is 0 Å². The Morgan fingerprint density at radius 2 is 1.79 bits per heavy atom. The lowest BCUT2D eigenvalue weighted by molar-refractivity contribution is 0.00316. The van der Waals surface area contributed by atoms with Gasteiger partial charge >= 0.3 is 0 Å².